The minimum absolute atomic E-state index is 0.0237. The lowest BCUT2D eigenvalue weighted by Gasteiger charge is -2.33. The van der Waals surface area contributed by atoms with Gasteiger partial charge in [0, 0.05) is 19.6 Å². The predicted molar refractivity (Wildman–Crippen MR) is 87.0 cm³/mol. The Morgan fingerprint density at radius 2 is 2.04 bits per heavy atom. The van der Waals surface area contributed by atoms with Crippen molar-refractivity contribution in [2.45, 2.75) is 44.4 Å². The first-order valence-corrected chi connectivity index (χ1v) is 8.47. The van der Waals surface area contributed by atoms with E-state index >= 15 is 0 Å². The molecule has 0 aromatic heterocycles. The molecule has 0 bridgehead atoms. The third kappa shape index (κ3) is 3.51. The number of carbonyl (C=O) groups is 1. The van der Waals surface area contributed by atoms with Crippen molar-refractivity contribution in [1.29, 1.82) is 5.26 Å². The lowest BCUT2D eigenvalue weighted by Crippen LogP contribution is -2.48. The first kappa shape index (κ1) is 16.7. The molecule has 1 amide bonds. The molecule has 1 aromatic rings. The summed E-state index contributed by atoms with van der Waals surface area (Å²) < 4.78 is 13.3. The van der Waals surface area contributed by atoms with Gasteiger partial charge in [0.05, 0.1) is 11.6 Å². The van der Waals surface area contributed by atoms with Crippen LogP contribution in [0, 0.1) is 11.3 Å². The summed E-state index contributed by atoms with van der Waals surface area (Å²) in [6.07, 6.45) is 1.86. The number of carbonyl (C=O) groups excluding carboxylic acids is 1. The first-order valence-electron chi connectivity index (χ1n) is 8.47. The molecule has 0 saturated carbocycles. The average Bonchev–Trinajstić information content (AvgIpc) is 3.04. The summed E-state index contributed by atoms with van der Waals surface area (Å²) in [7, 11) is 0. The van der Waals surface area contributed by atoms with Crippen molar-refractivity contribution in [2.24, 2.45) is 0 Å². The van der Waals surface area contributed by atoms with Crippen molar-refractivity contribution in [3.63, 3.8) is 0 Å². The number of phenolic OH excluding ortho intramolecular Hbond substituents is 1. The molecular formula is C18H22FN3O2. The smallest absolute Gasteiger partial charge is 0.239 e. The van der Waals surface area contributed by atoms with Crippen LogP contribution in [0.4, 0.5) is 4.39 Å². The van der Waals surface area contributed by atoms with E-state index in [0.717, 1.165) is 24.9 Å². The molecule has 1 atom stereocenters. The van der Waals surface area contributed by atoms with Crippen molar-refractivity contribution in [1.82, 2.24) is 9.80 Å². The topological polar surface area (TPSA) is 67.6 Å². The van der Waals surface area contributed by atoms with Crippen molar-refractivity contribution >= 4 is 5.91 Å². The molecule has 0 aliphatic carbocycles. The highest BCUT2D eigenvalue weighted by Crippen LogP contribution is 2.25. The second-order valence-corrected chi connectivity index (χ2v) is 6.59. The maximum absolute atomic E-state index is 13.3. The predicted octanol–water partition coefficient (Wildman–Crippen LogP) is 2.19. The van der Waals surface area contributed by atoms with Crippen LogP contribution >= 0.6 is 0 Å². The molecule has 1 N–H and O–H groups in total. The van der Waals surface area contributed by atoms with E-state index in [1.54, 1.807) is 17.0 Å². The van der Waals surface area contributed by atoms with Crippen LogP contribution < -0.4 is 0 Å². The van der Waals surface area contributed by atoms with Crippen LogP contribution in [0.15, 0.2) is 18.2 Å². The van der Waals surface area contributed by atoms with E-state index in [2.05, 4.69) is 4.90 Å². The average molecular weight is 331 g/mol. The second kappa shape index (κ2) is 7.18. The fourth-order valence-corrected chi connectivity index (χ4v) is 3.58. The van der Waals surface area contributed by atoms with E-state index in [0.29, 0.717) is 32.5 Å². The van der Waals surface area contributed by atoms with Crippen molar-refractivity contribution in [2.75, 3.05) is 19.6 Å². The number of nitriles is 1. The monoisotopic (exact) mass is 331 g/mol. The van der Waals surface area contributed by atoms with Crippen LogP contribution in [-0.4, -0.2) is 52.7 Å². The number of benzene rings is 1. The van der Waals surface area contributed by atoms with Crippen molar-refractivity contribution in [3.8, 4) is 11.8 Å². The molecule has 0 unspecified atom stereocenters. The zero-order valence-corrected chi connectivity index (χ0v) is 13.6. The fraction of sp³-hybridized carbons (Fsp3) is 0.556. The van der Waals surface area contributed by atoms with Crippen molar-refractivity contribution in [3.05, 3.63) is 29.3 Å². The molecule has 2 aliphatic rings. The first-order chi connectivity index (χ1) is 11.6. The van der Waals surface area contributed by atoms with Gasteiger partial charge in [0.15, 0.2) is 0 Å². The van der Waals surface area contributed by atoms with Crippen LogP contribution in [0.2, 0.25) is 0 Å². The van der Waals surface area contributed by atoms with Gasteiger partial charge in [-0.1, -0.05) is 6.07 Å². The number of likely N-dealkylation sites (tertiary alicyclic amines) is 2. The van der Waals surface area contributed by atoms with Gasteiger partial charge in [-0.2, -0.15) is 5.26 Å². The summed E-state index contributed by atoms with van der Waals surface area (Å²) in [5.74, 6) is 0.0723. The molecule has 5 nitrogen and oxygen atoms in total. The van der Waals surface area contributed by atoms with Gasteiger partial charge in [0.25, 0.3) is 0 Å². The number of phenols is 1. The van der Waals surface area contributed by atoms with Crippen LogP contribution in [-0.2, 0) is 11.3 Å². The van der Waals surface area contributed by atoms with Crippen LogP contribution in [0.3, 0.4) is 0 Å². The Morgan fingerprint density at radius 3 is 2.75 bits per heavy atom. The molecule has 2 aliphatic heterocycles. The zero-order valence-electron chi connectivity index (χ0n) is 13.6. The molecule has 2 saturated heterocycles. The quantitative estimate of drug-likeness (QED) is 0.922. The number of alkyl halides is 1. The number of hydrogen-bond acceptors (Lipinski definition) is 4. The summed E-state index contributed by atoms with van der Waals surface area (Å²) in [6.45, 7) is 2.41. The Labute approximate surface area is 141 Å². The third-order valence-electron chi connectivity index (χ3n) is 4.95. The van der Waals surface area contributed by atoms with Gasteiger partial charge in [0.1, 0.15) is 18.0 Å². The van der Waals surface area contributed by atoms with E-state index < -0.39 is 6.17 Å². The second-order valence-electron chi connectivity index (χ2n) is 6.59. The lowest BCUT2D eigenvalue weighted by molar-refractivity contribution is -0.137. The standard InChI is InChI=1S/C18H22FN3O2/c19-15-5-8-21(9-6-15)18(24)16-2-1-7-22(16)12-13-3-4-17(23)14(10-13)11-20/h3-4,10,15-16,23H,1-2,5-9,12H2/t16-/m1/s1. The Morgan fingerprint density at radius 1 is 1.29 bits per heavy atom. The highest BCUT2D eigenvalue weighted by Gasteiger charge is 2.35. The zero-order chi connectivity index (χ0) is 17.1. The van der Waals surface area contributed by atoms with Gasteiger partial charge < -0.3 is 10.0 Å². The summed E-state index contributed by atoms with van der Waals surface area (Å²) in [6, 6.07) is 6.78. The molecule has 3 rings (SSSR count). The Balaban J connectivity index is 1.67. The number of amides is 1. The summed E-state index contributed by atoms with van der Waals surface area (Å²) in [5.41, 5.74) is 1.16. The molecule has 6 heteroatoms. The third-order valence-corrected chi connectivity index (χ3v) is 4.95. The number of aromatic hydroxyl groups is 1. The minimum Gasteiger partial charge on any atom is -0.507 e. The summed E-state index contributed by atoms with van der Waals surface area (Å²) in [4.78, 5) is 16.7. The number of nitrogens with zero attached hydrogens (tertiary/aromatic N) is 3. The van der Waals surface area contributed by atoms with Gasteiger partial charge in [-0.15, -0.1) is 0 Å². The highest BCUT2D eigenvalue weighted by atomic mass is 19.1. The number of halogens is 1. The van der Waals surface area contributed by atoms with Crippen LogP contribution in [0.5, 0.6) is 5.75 Å². The molecule has 0 spiro atoms. The van der Waals surface area contributed by atoms with E-state index in [4.69, 9.17) is 5.26 Å². The lowest BCUT2D eigenvalue weighted by atomic mass is 10.1. The van der Waals surface area contributed by atoms with E-state index in [9.17, 15) is 14.3 Å². The Bertz CT molecular complexity index is 650. The Hall–Kier alpha value is -2.13. The number of piperidine rings is 1. The van der Waals surface area contributed by atoms with Gasteiger partial charge in [-0.3, -0.25) is 9.69 Å². The largest absolute Gasteiger partial charge is 0.507 e. The van der Waals surface area contributed by atoms with Gasteiger partial charge in [-0.05, 0) is 49.9 Å². The molecule has 1 aromatic carbocycles. The highest BCUT2D eigenvalue weighted by molar-refractivity contribution is 5.82. The number of rotatable bonds is 3. The van der Waals surface area contributed by atoms with E-state index in [1.165, 1.54) is 6.07 Å². The number of hydrogen-bond donors (Lipinski definition) is 1. The SMILES string of the molecule is N#Cc1cc(CN2CCC[C@@H]2C(=O)N2CCC(F)CC2)ccc1O. The van der Waals surface area contributed by atoms with Gasteiger partial charge in [0.2, 0.25) is 5.91 Å². The van der Waals surface area contributed by atoms with E-state index in [1.807, 2.05) is 6.07 Å². The van der Waals surface area contributed by atoms with Crippen molar-refractivity contribution < 1.29 is 14.3 Å². The minimum atomic E-state index is -0.782. The maximum Gasteiger partial charge on any atom is 0.239 e. The van der Waals surface area contributed by atoms with Gasteiger partial charge >= 0.3 is 0 Å². The normalized spacial score (nSPS) is 22.5. The molecule has 2 fully saturated rings. The van der Waals surface area contributed by atoms with Gasteiger partial charge in [-0.25, -0.2) is 4.39 Å². The molecular weight excluding hydrogens is 309 g/mol. The summed E-state index contributed by atoms with van der Waals surface area (Å²) in [5, 5.41) is 18.6. The Kier molecular flexibility index (Phi) is 5.00. The van der Waals surface area contributed by atoms with Crippen LogP contribution in [0.25, 0.3) is 0 Å². The molecule has 2 heterocycles. The maximum atomic E-state index is 13.3. The molecule has 24 heavy (non-hydrogen) atoms. The van der Waals surface area contributed by atoms with Crippen LogP contribution in [0.1, 0.15) is 36.8 Å². The molecule has 0 radical (unpaired) electrons. The molecule has 128 valence electrons. The van der Waals surface area contributed by atoms with E-state index in [-0.39, 0.29) is 23.3 Å². The fourth-order valence-electron chi connectivity index (χ4n) is 3.58. The summed E-state index contributed by atoms with van der Waals surface area (Å²) >= 11 is 0.